The number of carbonyl (C=O) groups excluding carboxylic acids is 2. The molecule has 0 saturated carbocycles. The molecule has 2 N–H and O–H groups in total. The van der Waals surface area contributed by atoms with Crippen molar-refractivity contribution in [3.63, 3.8) is 0 Å². The number of aromatic nitrogens is 1. The third kappa shape index (κ3) is 1.12. The first kappa shape index (κ1) is 10.3. The van der Waals surface area contributed by atoms with E-state index in [9.17, 15) is 14.8 Å². The Balaban J connectivity index is 2.26. The Morgan fingerprint density at radius 3 is 2.58 bits per heavy atom. The van der Waals surface area contributed by atoms with Crippen LogP contribution in [0.5, 0.6) is 0 Å². The summed E-state index contributed by atoms with van der Waals surface area (Å²) in [4.78, 5) is 27.0. The molecule has 3 aromatic rings. The molecule has 5 heteroatoms. The lowest BCUT2D eigenvalue weighted by Gasteiger charge is -2.00. The summed E-state index contributed by atoms with van der Waals surface area (Å²) < 4.78 is 0. The first-order chi connectivity index (χ1) is 9.18. The molecular weight excluding hydrogens is 244 g/mol. The second-order valence-electron chi connectivity index (χ2n) is 4.50. The number of fused-ring (bicyclic) bond motifs is 5. The summed E-state index contributed by atoms with van der Waals surface area (Å²) in [6.07, 6.45) is 0. The van der Waals surface area contributed by atoms with Crippen LogP contribution in [0.3, 0.4) is 0 Å². The summed E-state index contributed by atoms with van der Waals surface area (Å²) in [5, 5.41) is 11.2. The number of amides is 2. The van der Waals surface area contributed by atoms with Gasteiger partial charge in [-0.25, -0.2) is 0 Å². The van der Waals surface area contributed by atoms with E-state index in [2.05, 4.69) is 4.98 Å². The summed E-state index contributed by atoms with van der Waals surface area (Å²) in [6.45, 7) is 0. The number of H-pyrrole nitrogens is 1. The van der Waals surface area contributed by atoms with Crippen LogP contribution in [0, 0.1) is 0 Å². The van der Waals surface area contributed by atoms with Gasteiger partial charge in [-0.1, -0.05) is 18.2 Å². The Hall–Kier alpha value is -2.66. The van der Waals surface area contributed by atoms with Gasteiger partial charge in [0.25, 0.3) is 11.8 Å². The molecule has 92 valence electrons. The molecule has 2 heterocycles. The van der Waals surface area contributed by atoms with Gasteiger partial charge in [-0.3, -0.25) is 14.8 Å². The van der Waals surface area contributed by atoms with Gasteiger partial charge in [-0.2, -0.15) is 0 Å². The third-order valence-electron chi connectivity index (χ3n) is 3.50. The van der Waals surface area contributed by atoms with Crippen molar-refractivity contribution < 1.29 is 14.8 Å². The van der Waals surface area contributed by atoms with Crippen LogP contribution in [0.2, 0.25) is 0 Å². The van der Waals surface area contributed by atoms with Crippen molar-refractivity contribution in [3.8, 4) is 0 Å². The standard InChI is InChI=1S/C14H8N2O3/c17-13-8-5-6-10-11(12(8)14(18)16(13)19)7-3-1-2-4-9(7)15-10/h1-6,15,19H. The van der Waals surface area contributed by atoms with Gasteiger partial charge in [0, 0.05) is 21.8 Å². The average molecular weight is 252 g/mol. The molecule has 0 saturated heterocycles. The quantitative estimate of drug-likeness (QED) is 0.476. The second-order valence-corrected chi connectivity index (χ2v) is 4.50. The topological polar surface area (TPSA) is 73.4 Å². The number of aromatic amines is 1. The predicted molar refractivity (Wildman–Crippen MR) is 68.1 cm³/mol. The van der Waals surface area contributed by atoms with Gasteiger partial charge in [-0.05, 0) is 18.2 Å². The van der Waals surface area contributed by atoms with Crippen LogP contribution < -0.4 is 0 Å². The van der Waals surface area contributed by atoms with E-state index < -0.39 is 11.8 Å². The van der Waals surface area contributed by atoms with Crippen molar-refractivity contribution in [2.24, 2.45) is 0 Å². The Kier molecular flexibility index (Phi) is 1.74. The molecule has 1 aliphatic rings. The smallest absolute Gasteiger partial charge is 0.286 e. The van der Waals surface area contributed by atoms with E-state index in [0.29, 0.717) is 5.39 Å². The number of hydrogen-bond donors (Lipinski definition) is 2. The lowest BCUT2D eigenvalue weighted by atomic mass is 10.0. The van der Waals surface area contributed by atoms with E-state index in [1.165, 1.54) is 0 Å². The number of imide groups is 1. The van der Waals surface area contributed by atoms with Gasteiger partial charge in [-0.15, -0.1) is 5.06 Å². The van der Waals surface area contributed by atoms with Crippen LogP contribution in [-0.4, -0.2) is 27.1 Å². The fourth-order valence-electron chi connectivity index (χ4n) is 2.65. The Bertz CT molecular complexity index is 879. The van der Waals surface area contributed by atoms with Gasteiger partial charge in [0.2, 0.25) is 0 Å². The van der Waals surface area contributed by atoms with E-state index in [1.807, 2.05) is 24.3 Å². The molecule has 4 rings (SSSR count). The Morgan fingerprint density at radius 2 is 1.74 bits per heavy atom. The van der Waals surface area contributed by atoms with E-state index in [4.69, 9.17) is 0 Å². The maximum Gasteiger partial charge on any atom is 0.286 e. The minimum Gasteiger partial charge on any atom is -0.354 e. The van der Waals surface area contributed by atoms with Crippen molar-refractivity contribution in [1.29, 1.82) is 0 Å². The van der Waals surface area contributed by atoms with Crippen molar-refractivity contribution in [1.82, 2.24) is 10.0 Å². The van der Waals surface area contributed by atoms with Crippen molar-refractivity contribution in [2.75, 3.05) is 0 Å². The first-order valence-corrected chi connectivity index (χ1v) is 5.79. The van der Waals surface area contributed by atoms with Crippen molar-refractivity contribution >= 4 is 33.6 Å². The van der Waals surface area contributed by atoms with E-state index in [-0.39, 0.29) is 16.2 Å². The van der Waals surface area contributed by atoms with Crippen LogP contribution in [-0.2, 0) is 0 Å². The highest BCUT2D eigenvalue weighted by atomic mass is 16.5. The van der Waals surface area contributed by atoms with Gasteiger partial charge < -0.3 is 4.98 Å². The summed E-state index contributed by atoms with van der Waals surface area (Å²) in [7, 11) is 0. The number of nitrogens with one attached hydrogen (secondary N) is 1. The average Bonchev–Trinajstić information content (AvgIpc) is 2.91. The number of carbonyl (C=O) groups is 2. The van der Waals surface area contributed by atoms with Gasteiger partial charge in [0.05, 0.1) is 11.1 Å². The van der Waals surface area contributed by atoms with Crippen LogP contribution in [0.1, 0.15) is 20.7 Å². The largest absolute Gasteiger partial charge is 0.354 e. The molecule has 0 fully saturated rings. The monoisotopic (exact) mass is 252 g/mol. The van der Waals surface area contributed by atoms with E-state index >= 15 is 0 Å². The predicted octanol–water partition coefficient (Wildman–Crippen LogP) is 2.31. The van der Waals surface area contributed by atoms with Gasteiger partial charge in [0.1, 0.15) is 0 Å². The molecule has 0 bridgehead atoms. The highest BCUT2D eigenvalue weighted by Crippen LogP contribution is 2.34. The summed E-state index contributed by atoms with van der Waals surface area (Å²) in [5.41, 5.74) is 2.17. The number of hydroxylamine groups is 2. The summed E-state index contributed by atoms with van der Waals surface area (Å²) in [5.74, 6) is -1.34. The summed E-state index contributed by atoms with van der Waals surface area (Å²) >= 11 is 0. The molecule has 0 aliphatic carbocycles. The third-order valence-corrected chi connectivity index (χ3v) is 3.50. The maximum absolute atomic E-state index is 12.0. The fourth-order valence-corrected chi connectivity index (χ4v) is 2.65. The van der Waals surface area contributed by atoms with Crippen LogP contribution in [0.25, 0.3) is 21.8 Å². The lowest BCUT2D eigenvalue weighted by Crippen LogP contribution is -2.25. The Morgan fingerprint density at radius 1 is 0.947 bits per heavy atom. The highest BCUT2D eigenvalue weighted by Gasteiger charge is 2.37. The zero-order valence-corrected chi connectivity index (χ0v) is 9.68. The zero-order valence-electron chi connectivity index (χ0n) is 9.68. The normalized spacial score (nSPS) is 14.7. The van der Waals surface area contributed by atoms with Crippen molar-refractivity contribution in [3.05, 3.63) is 47.5 Å². The molecule has 0 atom stereocenters. The molecule has 5 nitrogen and oxygen atoms in total. The van der Waals surface area contributed by atoms with Crippen LogP contribution >= 0.6 is 0 Å². The lowest BCUT2D eigenvalue weighted by molar-refractivity contribution is -0.0326. The van der Waals surface area contributed by atoms with Gasteiger partial charge in [0.15, 0.2) is 0 Å². The minimum atomic E-state index is -0.674. The molecule has 0 radical (unpaired) electrons. The van der Waals surface area contributed by atoms with E-state index in [1.54, 1.807) is 12.1 Å². The number of hydrogen-bond acceptors (Lipinski definition) is 3. The molecular formula is C14H8N2O3. The van der Waals surface area contributed by atoms with Crippen molar-refractivity contribution in [2.45, 2.75) is 0 Å². The highest BCUT2D eigenvalue weighted by molar-refractivity contribution is 6.29. The second kappa shape index (κ2) is 3.21. The number of rotatable bonds is 0. The maximum atomic E-state index is 12.0. The minimum absolute atomic E-state index is 0.172. The number of nitrogens with zero attached hydrogens (tertiary/aromatic N) is 1. The number of benzene rings is 2. The SMILES string of the molecule is O=C1c2ccc3[nH]c4ccccc4c3c2C(=O)N1O. The fraction of sp³-hybridized carbons (Fsp3) is 0. The zero-order chi connectivity index (χ0) is 13.1. The molecule has 0 spiro atoms. The molecule has 2 aromatic carbocycles. The molecule has 2 amide bonds. The summed E-state index contributed by atoms with van der Waals surface area (Å²) in [6, 6.07) is 10.9. The van der Waals surface area contributed by atoms with E-state index in [0.717, 1.165) is 16.4 Å². The van der Waals surface area contributed by atoms with Crippen LogP contribution in [0.15, 0.2) is 36.4 Å². The first-order valence-electron chi connectivity index (χ1n) is 5.79. The molecule has 0 unspecified atom stereocenters. The molecule has 1 aliphatic heterocycles. The molecule has 1 aromatic heterocycles. The molecule has 19 heavy (non-hydrogen) atoms. The Labute approximate surface area is 107 Å². The van der Waals surface area contributed by atoms with Gasteiger partial charge >= 0.3 is 0 Å². The number of para-hydroxylation sites is 1. The van der Waals surface area contributed by atoms with Crippen LogP contribution in [0.4, 0.5) is 0 Å².